The number of nitrogens with one attached hydrogen (secondary N) is 1. The average Bonchev–Trinajstić information content (AvgIpc) is 2.25. The molecule has 88 valence electrons. The standard InChI is InChI=1S/C11H6Br3ClN2/c12-6-3-9(14)11(16-5-6)17-10-2-1-7(15)4-8(10)13/h1-5H,(H,16,17). The molecule has 1 heterocycles. The van der Waals surface area contributed by atoms with Crippen LogP contribution in [0.25, 0.3) is 0 Å². The summed E-state index contributed by atoms with van der Waals surface area (Å²) in [7, 11) is 0. The Morgan fingerprint density at radius 1 is 1.06 bits per heavy atom. The second-order valence-electron chi connectivity index (χ2n) is 3.23. The lowest BCUT2D eigenvalue weighted by Crippen LogP contribution is -1.95. The summed E-state index contributed by atoms with van der Waals surface area (Å²) in [6.07, 6.45) is 1.73. The Morgan fingerprint density at radius 2 is 1.82 bits per heavy atom. The van der Waals surface area contributed by atoms with Crippen LogP contribution < -0.4 is 5.32 Å². The summed E-state index contributed by atoms with van der Waals surface area (Å²) >= 11 is 16.1. The van der Waals surface area contributed by atoms with Crippen LogP contribution in [0.3, 0.4) is 0 Å². The van der Waals surface area contributed by atoms with Gasteiger partial charge in [0.1, 0.15) is 5.82 Å². The van der Waals surface area contributed by atoms with Crippen LogP contribution in [0.4, 0.5) is 11.5 Å². The molecule has 0 aliphatic rings. The quantitative estimate of drug-likeness (QED) is 0.641. The fourth-order valence-electron chi connectivity index (χ4n) is 1.22. The highest BCUT2D eigenvalue weighted by atomic mass is 79.9. The third-order valence-electron chi connectivity index (χ3n) is 1.99. The second kappa shape index (κ2) is 5.69. The zero-order valence-corrected chi connectivity index (χ0v) is 13.9. The van der Waals surface area contributed by atoms with E-state index < -0.39 is 0 Å². The van der Waals surface area contributed by atoms with Gasteiger partial charge in [-0.2, -0.15) is 0 Å². The van der Waals surface area contributed by atoms with Gasteiger partial charge in [0.2, 0.25) is 0 Å². The summed E-state index contributed by atoms with van der Waals surface area (Å²) in [6.45, 7) is 0. The number of hydrogen-bond donors (Lipinski definition) is 1. The van der Waals surface area contributed by atoms with Crippen LogP contribution in [0.5, 0.6) is 0 Å². The number of aromatic nitrogens is 1. The van der Waals surface area contributed by atoms with Crippen LogP contribution in [0.2, 0.25) is 5.02 Å². The molecule has 0 bridgehead atoms. The van der Waals surface area contributed by atoms with E-state index in [1.54, 1.807) is 6.20 Å². The Labute approximate surface area is 129 Å². The molecule has 6 heteroatoms. The monoisotopic (exact) mass is 438 g/mol. The summed E-state index contributed by atoms with van der Waals surface area (Å²) in [6, 6.07) is 7.47. The number of halogens is 4. The summed E-state index contributed by atoms with van der Waals surface area (Å²) in [5.41, 5.74) is 0.907. The first-order chi connectivity index (χ1) is 8.06. The van der Waals surface area contributed by atoms with Gasteiger partial charge in [0.25, 0.3) is 0 Å². The lowest BCUT2D eigenvalue weighted by molar-refractivity contribution is 1.27. The Bertz CT molecular complexity index is 511. The normalized spacial score (nSPS) is 10.4. The molecule has 0 atom stereocenters. The Hall–Kier alpha value is -0.100. The molecule has 2 aromatic rings. The van der Waals surface area contributed by atoms with Crippen molar-refractivity contribution in [2.75, 3.05) is 5.32 Å². The molecule has 0 aliphatic heterocycles. The number of pyridine rings is 1. The molecule has 0 spiro atoms. The van der Waals surface area contributed by atoms with Gasteiger partial charge in [-0.05, 0) is 72.1 Å². The number of hydrogen-bond acceptors (Lipinski definition) is 2. The van der Waals surface area contributed by atoms with Crippen molar-refractivity contribution < 1.29 is 0 Å². The van der Waals surface area contributed by atoms with Crippen molar-refractivity contribution in [3.63, 3.8) is 0 Å². The van der Waals surface area contributed by atoms with Gasteiger partial charge < -0.3 is 5.32 Å². The molecule has 0 saturated heterocycles. The third kappa shape index (κ3) is 3.44. The van der Waals surface area contributed by atoms with Gasteiger partial charge in [-0.15, -0.1) is 0 Å². The lowest BCUT2D eigenvalue weighted by atomic mass is 10.3. The fourth-order valence-corrected chi connectivity index (χ4v) is 3.09. The van der Waals surface area contributed by atoms with Crippen molar-refractivity contribution in [2.45, 2.75) is 0 Å². The third-order valence-corrected chi connectivity index (χ3v) is 3.92. The van der Waals surface area contributed by atoms with Crippen LogP contribution in [0, 0.1) is 0 Å². The van der Waals surface area contributed by atoms with Crippen molar-refractivity contribution in [1.82, 2.24) is 4.98 Å². The Balaban J connectivity index is 2.31. The molecule has 0 unspecified atom stereocenters. The molecule has 0 amide bonds. The molecular weight excluding hydrogens is 435 g/mol. The maximum Gasteiger partial charge on any atom is 0.144 e. The highest BCUT2D eigenvalue weighted by Crippen LogP contribution is 2.31. The molecule has 1 aromatic heterocycles. The van der Waals surface area contributed by atoms with E-state index in [2.05, 4.69) is 58.1 Å². The van der Waals surface area contributed by atoms with Crippen molar-refractivity contribution >= 4 is 70.9 Å². The van der Waals surface area contributed by atoms with Crippen molar-refractivity contribution in [1.29, 1.82) is 0 Å². The number of anilines is 2. The molecule has 2 nitrogen and oxygen atoms in total. The molecule has 1 N–H and O–H groups in total. The maximum atomic E-state index is 5.88. The highest BCUT2D eigenvalue weighted by Gasteiger charge is 2.05. The predicted molar refractivity (Wildman–Crippen MR) is 82.1 cm³/mol. The van der Waals surface area contributed by atoms with Crippen LogP contribution in [0.1, 0.15) is 0 Å². The minimum absolute atomic E-state index is 0.685. The van der Waals surface area contributed by atoms with Crippen molar-refractivity contribution in [3.05, 3.63) is 48.9 Å². The van der Waals surface area contributed by atoms with E-state index >= 15 is 0 Å². The lowest BCUT2D eigenvalue weighted by Gasteiger charge is -2.09. The van der Waals surface area contributed by atoms with Gasteiger partial charge >= 0.3 is 0 Å². The first-order valence-electron chi connectivity index (χ1n) is 4.59. The zero-order chi connectivity index (χ0) is 12.4. The first kappa shape index (κ1) is 13.3. The van der Waals surface area contributed by atoms with E-state index in [4.69, 9.17) is 11.6 Å². The van der Waals surface area contributed by atoms with Crippen LogP contribution in [0.15, 0.2) is 43.9 Å². The molecule has 0 radical (unpaired) electrons. The zero-order valence-electron chi connectivity index (χ0n) is 8.35. The smallest absolute Gasteiger partial charge is 0.144 e. The Kier molecular flexibility index (Phi) is 4.47. The van der Waals surface area contributed by atoms with Crippen LogP contribution in [-0.2, 0) is 0 Å². The van der Waals surface area contributed by atoms with E-state index in [9.17, 15) is 0 Å². The predicted octanol–water partition coefficient (Wildman–Crippen LogP) is 5.77. The Morgan fingerprint density at radius 3 is 2.47 bits per heavy atom. The SMILES string of the molecule is Clc1ccc(Nc2ncc(Br)cc2Br)c(Br)c1. The molecule has 1 aromatic carbocycles. The minimum atomic E-state index is 0.685. The summed E-state index contributed by atoms with van der Waals surface area (Å²) < 4.78 is 2.69. The average molecular weight is 441 g/mol. The molecule has 0 aliphatic carbocycles. The van der Waals surface area contributed by atoms with Crippen LogP contribution >= 0.6 is 59.4 Å². The molecule has 17 heavy (non-hydrogen) atoms. The van der Waals surface area contributed by atoms with E-state index in [1.807, 2.05) is 24.3 Å². The molecule has 2 rings (SSSR count). The fraction of sp³-hybridized carbons (Fsp3) is 0. The van der Waals surface area contributed by atoms with Gasteiger partial charge in [-0.25, -0.2) is 4.98 Å². The van der Waals surface area contributed by atoms with Gasteiger partial charge in [-0.3, -0.25) is 0 Å². The largest absolute Gasteiger partial charge is 0.338 e. The van der Waals surface area contributed by atoms with Crippen molar-refractivity contribution in [3.8, 4) is 0 Å². The summed E-state index contributed by atoms with van der Waals surface area (Å²) in [4.78, 5) is 4.28. The van der Waals surface area contributed by atoms with E-state index in [1.165, 1.54) is 0 Å². The maximum absolute atomic E-state index is 5.88. The van der Waals surface area contributed by atoms with Gasteiger partial charge in [0.05, 0.1) is 10.2 Å². The molecular formula is C11H6Br3ClN2. The first-order valence-corrected chi connectivity index (χ1v) is 7.35. The number of nitrogens with zero attached hydrogens (tertiary/aromatic N) is 1. The van der Waals surface area contributed by atoms with Gasteiger partial charge in [0, 0.05) is 20.2 Å². The van der Waals surface area contributed by atoms with Crippen molar-refractivity contribution in [2.24, 2.45) is 0 Å². The molecule has 0 saturated carbocycles. The van der Waals surface area contributed by atoms with Gasteiger partial charge in [-0.1, -0.05) is 11.6 Å². The summed E-state index contributed by atoms with van der Waals surface area (Å²) in [5.74, 6) is 0.747. The topological polar surface area (TPSA) is 24.9 Å². The van der Waals surface area contributed by atoms with Gasteiger partial charge in [0.15, 0.2) is 0 Å². The number of rotatable bonds is 2. The highest BCUT2D eigenvalue weighted by molar-refractivity contribution is 9.11. The summed E-state index contributed by atoms with van der Waals surface area (Å²) in [5, 5.41) is 3.90. The van der Waals surface area contributed by atoms with E-state index in [-0.39, 0.29) is 0 Å². The second-order valence-corrected chi connectivity index (χ2v) is 6.29. The van der Waals surface area contributed by atoms with Crippen LogP contribution in [-0.4, -0.2) is 4.98 Å². The van der Waals surface area contributed by atoms with E-state index in [0.717, 1.165) is 24.9 Å². The number of benzene rings is 1. The van der Waals surface area contributed by atoms with E-state index in [0.29, 0.717) is 5.02 Å². The molecule has 0 fully saturated rings. The minimum Gasteiger partial charge on any atom is -0.338 e.